The van der Waals surface area contributed by atoms with Gasteiger partial charge in [0.25, 0.3) is 0 Å². The molecule has 0 spiro atoms. The molecule has 2 rings (SSSR count). The smallest absolute Gasteiger partial charge is 0.129 e. The molecule has 0 unspecified atom stereocenters. The van der Waals surface area contributed by atoms with Crippen molar-refractivity contribution in [1.29, 1.82) is 5.26 Å². The van der Waals surface area contributed by atoms with Crippen molar-refractivity contribution >= 4 is 11.4 Å². The number of hydrogen-bond acceptors (Lipinski definition) is 4. The Morgan fingerprint density at radius 3 is 2.41 bits per heavy atom. The van der Waals surface area contributed by atoms with Gasteiger partial charge in [0.1, 0.15) is 11.5 Å². The van der Waals surface area contributed by atoms with Crippen molar-refractivity contribution in [3.05, 3.63) is 48.0 Å². The lowest BCUT2D eigenvalue weighted by Gasteiger charge is -2.07. The fourth-order valence-electron chi connectivity index (χ4n) is 1.38. The van der Waals surface area contributed by atoms with Crippen LogP contribution in [0.5, 0.6) is 11.5 Å². The zero-order valence-electron chi connectivity index (χ0n) is 9.05. The van der Waals surface area contributed by atoms with Crippen molar-refractivity contribution in [2.45, 2.75) is 0 Å². The number of nitrogens with two attached hydrogens (primary N) is 2. The third kappa shape index (κ3) is 2.47. The van der Waals surface area contributed by atoms with E-state index in [-0.39, 0.29) is 0 Å². The number of ether oxygens (including phenoxy) is 1. The molecule has 2 aromatic carbocycles. The second-order valence-corrected chi connectivity index (χ2v) is 3.53. The van der Waals surface area contributed by atoms with Crippen molar-refractivity contribution in [2.75, 3.05) is 11.5 Å². The molecular weight excluding hydrogens is 214 g/mol. The Balaban J connectivity index is 2.25. The van der Waals surface area contributed by atoms with E-state index in [1.54, 1.807) is 42.5 Å². The van der Waals surface area contributed by atoms with Crippen LogP contribution in [0, 0.1) is 11.3 Å². The van der Waals surface area contributed by atoms with Gasteiger partial charge in [0.15, 0.2) is 0 Å². The summed E-state index contributed by atoms with van der Waals surface area (Å²) in [4.78, 5) is 0. The summed E-state index contributed by atoms with van der Waals surface area (Å²) >= 11 is 0. The summed E-state index contributed by atoms with van der Waals surface area (Å²) in [7, 11) is 0. The van der Waals surface area contributed by atoms with Gasteiger partial charge in [-0.05, 0) is 30.3 Å². The molecule has 0 fully saturated rings. The third-order valence-electron chi connectivity index (χ3n) is 2.26. The molecule has 4 heteroatoms. The topological polar surface area (TPSA) is 85.1 Å². The highest BCUT2D eigenvalue weighted by atomic mass is 16.5. The van der Waals surface area contributed by atoms with Gasteiger partial charge in [0.2, 0.25) is 0 Å². The summed E-state index contributed by atoms with van der Waals surface area (Å²) in [6, 6.07) is 14.0. The van der Waals surface area contributed by atoms with E-state index in [9.17, 15) is 0 Å². The average Bonchev–Trinajstić information content (AvgIpc) is 2.34. The number of anilines is 2. The van der Waals surface area contributed by atoms with Gasteiger partial charge in [0.05, 0.1) is 23.0 Å². The van der Waals surface area contributed by atoms with Crippen LogP contribution in [0.25, 0.3) is 0 Å². The van der Waals surface area contributed by atoms with Crippen molar-refractivity contribution in [1.82, 2.24) is 0 Å². The standard InChI is InChI=1S/C13H11N3O/c14-8-9-2-1-3-10(6-9)17-11-4-5-12(15)13(16)7-11/h1-7H,15-16H2. The first-order chi connectivity index (χ1) is 8.19. The SMILES string of the molecule is N#Cc1cccc(Oc2ccc(N)c(N)c2)c1. The molecule has 4 nitrogen and oxygen atoms in total. The van der Waals surface area contributed by atoms with Crippen molar-refractivity contribution < 1.29 is 4.74 Å². The summed E-state index contributed by atoms with van der Waals surface area (Å²) in [5.41, 5.74) is 12.8. The van der Waals surface area contributed by atoms with Gasteiger partial charge in [-0.25, -0.2) is 0 Å². The highest BCUT2D eigenvalue weighted by Crippen LogP contribution is 2.26. The lowest BCUT2D eigenvalue weighted by Crippen LogP contribution is -1.94. The van der Waals surface area contributed by atoms with Crippen LogP contribution >= 0.6 is 0 Å². The summed E-state index contributed by atoms with van der Waals surface area (Å²) < 4.78 is 5.57. The zero-order chi connectivity index (χ0) is 12.3. The minimum absolute atomic E-state index is 0.471. The minimum Gasteiger partial charge on any atom is -0.457 e. The Hall–Kier alpha value is -2.67. The van der Waals surface area contributed by atoms with Crippen molar-refractivity contribution in [3.63, 3.8) is 0 Å². The minimum atomic E-state index is 0.471. The predicted octanol–water partition coefficient (Wildman–Crippen LogP) is 2.51. The molecule has 0 saturated heterocycles. The Kier molecular flexibility index (Phi) is 2.84. The molecule has 0 heterocycles. The van der Waals surface area contributed by atoms with E-state index < -0.39 is 0 Å². The van der Waals surface area contributed by atoms with Crippen LogP contribution < -0.4 is 16.2 Å². The van der Waals surface area contributed by atoms with E-state index in [1.807, 2.05) is 6.07 Å². The third-order valence-corrected chi connectivity index (χ3v) is 2.26. The average molecular weight is 225 g/mol. The van der Waals surface area contributed by atoms with Gasteiger partial charge in [0, 0.05) is 6.07 Å². The Bertz CT molecular complexity index is 587. The molecule has 0 amide bonds. The van der Waals surface area contributed by atoms with Crippen LogP contribution in [0.4, 0.5) is 11.4 Å². The van der Waals surface area contributed by atoms with E-state index in [4.69, 9.17) is 21.5 Å². The van der Waals surface area contributed by atoms with Gasteiger partial charge in [-0.15, -0.1) is 0 Å². The van der Waals surface area contributed by atoms with Crippen molar-refractivity contribution in [2.24, 2.45) is 0 Å². The van der Waals surface area contributed by atoms with Crippen LogP contribution in [-0.4, -0.2) is 0 Å². The highest BCUT2D eigenvalue weighted by molar-refractivity contribution is 5.65. The normalized spacial score (nSPS) is 9.59. The molecular formula is C13H11N3O. The van der Waals surface area contributed by atoms with Gasteiger partial charge in [-0.2, -0.15) is 5.26 Å². The quantitative estimate of drug-likeness (QED) is 0.769. The zero-order valence-corrected chi connectivity index (χ0v) is 9.05. The van der Waals surface area contributed by atoms with E-state index in [1.165, 1.54) is 0 Å². The molecule has 0 aromatic heterocycles. The summed E-state index contributed by atoms with van der Waals surface area (Å²) in [6.45, 7) is 0. The summed E-state index contributed by atoms with van der Waals surface area (Å²) in [6.07, 6.45) is 0. The van der Waals surface area contributed by atoms with Gasteiger partial charge < -0.3 is 16.2 Å². The monoisotopic (exact) mass is 225 g/mol. The van der Waals surface area contributed by atoms with E-state index in [0.29, 0.717) is 28.4 Å². The molecule has 84 valence electrons. The van der Waals surface area contributed by atoms with Crippen LogP contribution in [0.15, 0.2) is 42.5 Å². The Morgan fingerprint density at radius 1 is 0.941 bits per heavy atom. The molecule has 2 aromatic rings. The highest BCUT2D eigenvalue weighted by Gasteiger charge is 2.01. The fourth-order valence-corrected chi connectivity index (χ4v) is 1.38. The number of nitrogens with zero attached hydrogens (tertiary/aromatic N) is 1. The van der Waals surface area contributed by atoms with E-state index in [0.717, 1.165) is 0 Å². The number of rotatable bonds is 2. The van der Waals surface area contributed by atoms with Gasteiger partial charge in [-0.1, -0.05) is 6.07 Å². The van der Waals surface area contributed by atoms with Crippen LogP contribution in [0.2, 0.25) is 0 Å². The largest absolute Gasteiger partial charge is 0.457 e. The summed E-state index contributed by atoms with van der Waals surface area (Å²) in [5, 5.41) is 8.77. The molecule has 0 aliphatic heterocycles. The van der Waals surface area contributed by atoms with Crippen LogP contribution in [-0.2, 0) is 0 Å². The molecule has 0 bridgehead atoms. The van der Waals surface area contributed by atoms with Gasteiger partial charge in [-0.3, -0.25) is 0 Å². The number of nitriles is 1. The number of hydrogen-bond donors (Lipinski definition) is 2. The molecule has 0 aliphatic carbocycles. The first-order valence-corrected chi connectivity index (χ1v) is 5.02. The second-order valence-electron chi connectivity index (χ2n) is 3.53. The maximum Gasteiger partial charge on any atom is 0.129 e. The lowest BCUT2D eigenvalue weighted by molar-refractivity contribution is 0.483. The van der Waals surface area contributed by atoms with Crippen LogP contribution in [0.1, 0.15) is 5.56 Å². The van der Waals surface area contributed by atoms with E-state index in [2.05, 4.69) is 0 Å². The second kappa shape index (κ2) is 4.45. The molecule has 0 aliphatic rings. The fraction of sp³-hybridized carbons (Fsp3) is 0. The summed E-state index contributed by atoms with van der Waals surface area (Å²) in [5.74, 6) is 1.18. The molecule has 17 heavy (non-hydrogen) atoms. The van der Waals surface area contributed by atoms with Gasteiger partial charge >= 0.3 is 0 Å². The maximum atomic E-state index is 8.77. The molecule has 0 saturated carbocycles. The van der Waals surface area contributed by atoms with Crippen molar-refractivity contribution in [3.8, 4) is 17.6 Å². The Morgan fingerprint density at radius 2 is 1.71 bits per heavy atom. The van der Waals surface area contributed by atoms with E-state index >= 15 is 0 Å². The number of nitrogen functional groups attached to an aromatic ring is 2. The molecule has 0 radical (unpaired) electrons. The predicted molar refractivity (Wildman–Crippen MR) is 66.5 cm³/mol. The maximum absolute atomic E-state index is 8.77. The lowest BCUT2D eigenvalue weighted by atomic mass is 10.2. The Labute approximate surface area is 99.0 Å². The molecule has 4 N–H and O–H groups in total. The first kappa shape index (κ1) is 10.8. The molecule has 0 atom stereocenters. The first-order valence-electron chi connectivity index (χ1n) is 5.02. The van der Waals surface area contributed by atoms with Crippen LogP contribution in [0.3, 0.4) is 0 Å². The number of benzene rings is 2.